The average Bonchev–Trinajstić information content (AvgIpc) is 3.45. The van der Waals surface area contributed by atoms with Crippen molar-refractivity contribution in [2.75, 3.05) is 23.5 Å². The number of nitrogens with one attached hydrogen (secondary N) is 1. The van der Waals surface area contributed by atoms with E-state index < -0.39 is 0 Å². The normalized spacial score (nSPS) is 12.7. The number of rotatable bonds is 7. The molecule has 0 radical (unpaired) electrons. The van der Waals surface area contributed by atoms with Crippen LogP contribution in [0.4, 0.5) is 5.00 Å². The number of thiophene rings is 1. The summed E-state index contributed by atoms with van der Waals surface area (Å²) in [5.41, 5.74) is 2.24. The molecule has 0 spiro atoms. The zero-order valence-corrected chi connectivity index (χ0v) is 18.2. The van der Waals surface area contributed by atoms with E-state index in [1.165, 1.54) is 16.0 Å². The monoisotopic (exact) mass is 447 g/mol. The Morgan fingerprint density at radius 3 is 2.97 bits per heavy atom. The Hall–Kier alpha value is -2.79. The Labute approximate surface area is 181 Å². The van der Waals surface area contributed by atoms with Gasteiger partial charge in [-0.2, -0.15) is 0 Å². The molecule has 3 heterocycles. The zero-order chi connectivity index (χ0) is 21.3. The lowest BCUT2D eigenvalue weighted by molar-refractivity contribution is -0.113. The predicted octanol–water partition coefficient (Wildman–Crippen LogP) is 3.02. The van der Waals surface area contributed by atoms with Crippen LogP contribution in [0, 0.1) is 6.92 Å². The third-order valence-electron chi connectivity index (χ3n) is 4.75. The molecule has 3 aromatic heterocycles. The summed E-state index contributed by atoms with van der Waals surface area (Å²) < 4.78 is 11.8. The van der Waals surface area contributed by atoms with Gasteiger partial charge in [-0.3, -0.25) is 4.79 Å². The number of anilines is 1. The molecule has 1 amide bonds. The number of carbonyl (C=O) groups is 2. The highest BCUT2D eigenvalue weighted by molar-refractivity contribution is 7.99. The van der Waals surface area contributed by atoms with Gasteiger partial charge in [-0.1, -0.05) is 11.8 Å². The third-order valence-corrected chi connectivity index (χ3v) is 6.90. The molecule has 0 bridgehead atoms. The van der Waals surface area contributed by atoms with Gasteiger partial charge < -0.3 is 20.3 Å². The molecule has 0 unspecified atom stereocenters. The van der Waals surface area contributed by atoms with Crippen LogP contribution in [0.25, 0.3) is 11.4 Å². The lowest BCUT2D eigenvalue weighted by Gasteiger charge is -2.08. The molecule has 0 saturated carbocycles. The van der Waals surface area contributed by atoms with Gasteiger partial charge in [0.25, 0.3) is 0 Å². The molecule has 1 aliphatic rings. The highest BCUT2D eigenvalue weighted by Crippen LogP contribution is 2.39. The number of nitrogens with zero attached hydrogens (tertiary/aromatic N) is 3. The number of ether oxygens (including phenoxy) is 1. The fourth-order valence-corrected chi connectivity index (χ4v) is 5.33. The van der Waals surface area contributed by atoms with E-state index in [1.54, 1.807) is 19.3 Å². The molecule has 0 atom stereocenters. The SMILES string of the molecule is CCOC(=O)c1c(NC(=O)CSc2nnc(-c3ccoc3C)n2N)sc2c1CCC2. The highest BCUT2D eigenvalue weighted by Gasteiger charge is 2.28. The summed E-state index contributed by atoms with van der Waals surface area (Å²) in [7, 11) is 0. The first-order chi connectivity index (χ1) is 14.5. The molecule has 3 N–H and O–H groups in total. The molecule has 3 aromatic rings. The number of thioether (sulfide) groups is 1. The van der Waals surface area contributed by atoms with Crippen LogP contribution in [0.1, 0.15) is 39.9 Å². The van der Waals surface area contributed by atoms with Crippen molar-refractivity contribution >= 4 is 40.0 Å². The fourth-order valence-electron chi connectivity index (χ4n) is 3.38. The maximum atomic E-state index is 12.6. The summed E-state index contributed by atoms with van der Waals surface area (Å²) in [6.45, 7) is 3.86. The van der Waals surface area contributed by atoms with Gasteiger partial charge >= 0.3 is 5.97 Å². The van der Waals surface area contributed by atoms with E-state index in [9.17, 15) is 9.59 Å². The molecule has 4 rings (SSSR count). The van der Waals surface area contributed by atoms with Crippen molar-refractivity contribution < 1.29 is 18.7 Å². The second kappa shape index (κ2) is 8.52. The maximum Gasteiger partial charge on any atom is 0.341 e. The molecule has 0 saturated heterocycles. The lowest BCUT2D eigenvalue weighted by atomic mass is 10.1. The Balaban J connectivity index is 1.45. The smallest absolute Gasteiger partial charge is 0.341 e. The highest BCUT2D eigenvalue weighted by atomic mass is 32.2. The number of esters is 1. The summed E-state index contributed by atoms with van der Waals surface area (Å²) in [5.74, 6) is 6.66. The van der Waals surface area contributed by atoms with Crippen LogP contribution in [0.2, 0.25) is 0 Å². The van der Waals surface area contributed by atoms with Crippen molar-refractivity contribution in [2.24, 2.45) is 0 Å². The Kier molecular flexibility index (Phi) is 5.82. The third kappa shape index (κ3) is 3.82. The Morgan fingerprint density at radius 1 is 1.40 bits per heavy atom. The number of nitrogens with two attached hydrogens (primary N) is 1. The quantitative estimate of drug-likeness (QED) is 0.322. The van der Waals surface area contributed by atoms with E-state index in [0.717, 1.165) is 47.0 Å². The van der Waals surface area contributed by atoms with Crippen LogP contribution in [0.3, 0.4) is 0 Å². The zero-order valence-electron chi connectivity index (χ0n) is 16.6. The maximum absolute atomic E-state index is 12.6. The van der Waals surface area contributed by atoms with Crippen molar-refractivity contribution in [3.63, 3.8) is 0 Å². The van der Waals surface area contributed by atoms with Gasteiger partial charge in [0.05, 0.1) is 29.7 Å². The summed E-state index contributed by atoms with van der Waals surface area (Å²) in [6.07, 6.45) is 4.32. The van der Waals surface area contributed by atoms with E-state index in [-0.39, 0.29) is 24.2 Å². The van der Waals surface area contributed by atoms with E-state index in [1.807, 2.05) is 6.92 Å². The first-order valence-electron chi connectivity index (χ1n) is 9.48. The average molecular weight is 448 g/mol. The van der Waals surface area contributed by atoms with E-state index >= 15 is 0 Å². The number of fused-ring (bicyclic) bond motifs is 1. The van der Waals surface area contributed by atoms with Crippen molar-refractivity contribution in [1.29, 1.82) is 0 Å². The van der Waals surface area contributed by atoms with Gasteiger partial charge in [-0.05, 0) is 44.7 Å². The van der Waals surface area contributed by atoms with Crippen LogP contribution in [0.5, 0.6) is 0 Å². The standard InChI is InChI=1S/C19H21N5O4S2/c1-3-27-18(26)15-12-5-4-6-13(12)30-17(15)21-14(25)9-29-19-23-22-16(24(19)20)11-7-8-28-10(11)2/h7-8H,3-6,9,20H2,1-2H3,(H,21,25). The molecule has 9 nitrogen and oxygen atoms in total. The van der Waals surface area contributed by atoms with Crippen LogP contribution >= 0.6 is 23.1 Å². The molecular formula is C19H21N5O4S2. The van der Waals surface area contributed by atoms with E-state index in [4.69, 9.17) is 15.0 Å². The molecule has 158 valence electrons. The van der Waals surface area contributed by atoms with Gasteiger partial charge in [0, 0.05) is 4.88 Å². The van der Waals surface area contributed by atoms with Gasteiger partial charge in [-0.15, -0.1) is 21.5 Å². The van der Waals surface area contributed by atoms with Gasteiger partial charge in [0.1, 0.15) is 10.8 Å². The summed E-state index contributed by atoms with van der Waals surface area (Å²) in [4.78, 5) is 26.1. The second-order valence-corrected chi connectivity index (χ2v) is 8.73. The number of hydrogen-bond acceptors (Lipinski definition) is 9. The summed E-state index contributed by atoms with van der Waals surface area (Å²) >= 11 is 2.61. The van der Waals surface area contributed by atoms with Crippen molar-refractivity contribution in [1.82, 2.24) is 14.9 Å². The predicted molar refractivity (Wildman–Crippen MR) is 114 cm³/mol. The van der Waals surface area contributed by atoms with Crippen molar-refractivity contribution in [3.8, 4) is 11.4 Å². The molecule has 11 heteroatoms. The van der Waals surface area contributed by atoms with E-state index in [0.29, 0.717) is 27.3 Å². The Morgan fingerprint density at radius 2 is 2.23 bits per heavy atom. The summed E-state index contributed by atoms with van der Waals surface area (Å²) in [6, 6.07) is 1.76. The number of aromatic nitrogens is 3. The van der Waals surface area contributed by atoms with Crippen LogP contribution in [-0.2, 0) is 22.4 Å². The van der Waals surface area contributed by atoms with Crippen LogP contribution < -0.4 is 11.2 Å². The minimum Gasteiger partial charge on any atom is -0.469 e. The van der Waals surface area contributed by atoms with Gasteiger partial charge in [0.2, 0.25) is 11.1 Å². The number of nitrogen functional groups attached to an aromatic ring is 1. The topological polar surface area (TPSA) is 125 Å². The largest absolute Gasteiger partial charge is 0.469 e. The first-order valence-corrected chi connectivity index (χ1v) is 11.3. The molecular weight excluding hydrogens is 426 g/mol. The minimum absolute atomic E-state index is 0.0739. The molecule has 0 aromatic carbocycles. The molecule has 30 heavy (non-hydrogen) atoms. The second-order valence-electron chi connectivity index (χ2n) is 6.69. The number of aryl methyl sites for hydroxylation is 2. The van der Waals surface area contributed by atoms with E-state index in [2.05, 4.69) is 15.5 Å². The van der Waals surface area contributed by atoms with Crippen LogP contribution in [-0.4, -0.2) is 39.1 Å². The summed E-state index contributed by atoms with van der Waals surface area (Å²) in [5, 5.41) is 12.0. The fraction of sp³-hybridized carbons (Fsp3) is 0.368. The first kappa shape index (κ1) is 20.5. The number of furan rings is 1. The lowest BCUT2D eigenvalue weighted by Crippen LogP contribution is -2.18. The van der Waals surface area contributed by atoms with Crippen LogP contribution in [0.15, 0.2) is 21.9 Å². The van der Waals surface area contributed by atoms with Gasteiger partial charge in [-0.25, -0.2) is 9.47 Å². The van der Waals surface area contributed by atoms with Gasteiger partial charge in [0.15, 0.2) is 5.82 Å². The molecule has 0 aliphatic heterocycles. The van der Waals surface area contributed by atoms with Crippen molar-refractivity contribution in [2.45, 2.75) is 38.3 Å². The minimum atomic E-state index is -0.387. The number of hydrogen-bond donors (Lipinski definition) is 2. The number of carbonyl (C=O) groups excluding carboxylic acids is 2. The molecule has 1 aliphatic carbocycles. The van der Waals surface area contributed by atoms with Crippen molar-refractivity contribution in [3.05, 3.63) is 34.1 Å². The number of amides is 1. The Bertz CT molecular complexity index is 1100. The molecule has 0 fully saturated rings.